The van der Waals surface area contributed by atoms with Crippen LogP contribution < -0.4 is 5.32 Å². The van der Waals surface area contributed by atoms with Crippen molar-refractivity contribution in [3.8, 4) is 11.4 Å². The summed E-state index contributed by atoms with van der Waals surface area (Å²) in [6, 6.07) is 13.9. The number of para-hydroxylation sites is 2. The fourth-order valence-electron chi connectivity index (χ4n) is 4.14. The summed E-state index contributed by atoms with van der Waals surface area (Å²) in [5.74, 6) is 0.820. The molecule has 1 fully saturated rings. The number of H-pyrrole nitrogens is 1. The topological polar surface area (TPSA) is 56.8 Å². The van der Waals surface area contributed by atoms with Crippen molar-refractivity contribution in [1.82, 2.24) is 19.9 Å². The fourth-order valence-corrected chi connectivity index (χ4v) is 4.31. The molecule has 148 valence electrons. The van der Waals surface area contributed by atoms with E-state index in [2.05, 4.69) is 20.2 Å². The highest BCUT2D eigenvalue weighted by Gasteiger charge is 2.15. The van der Waals surface area contributed by atoms with Gasteiger partial charge in [0, 0.05) is 29.7 Å². The molecule has 0 amide bonds. The first kappa shape index (κ1) is 18.4. The van der Waals surface area contributed by atoms with Crippen LogP contribution in [0.5, 0.6) is 0 Å². The lowest BCUT2D eigenvalue weighted by atomic mass is 10.1. The van der Waals surface area contributed by atoms with Crippen LogP contribution in [0, 0.1) is 0 Å². The zero-order chi connectivity index (χ0) is 19.6. The minimum atomic E-state index is 0.708. The number of pyridine rings is 1. The Balaban J connectivity index is 1.52. The summed E-state index contributed by atoms with van der Waals surface area (Å²) >= 11 is 6.32. The normalized spacial score (nSPS) is 15.2. The van der Waals surface area contributed by atoms with Crippen molar-refractivity contribution < 1.29 is 0 Å². The molecule has 0 atom stereocenters. The van der Waals surface area contributed by atoms with Crippen molar-refractivity contribution >= 4 is 39.2 Å². The van der Waals surface area contributed by atoms with Crippen LogP contribution in [0.15, 0.2) is 48.7 Å². The third kappa shape index (κ3) is 3.80. The van der Waals surface area contributed by atoms with Gasteiger partial charge in [-0.1, -0.05) is 30.2 Å². The summed E-state index contributed by atoms with van der Waals surface area (Å²) in [6.07, 6.45) is 5.86. The van der Waals surface area contributed by atoms with E-state index in [0.717, 1.165) is 52.1 Å². The SMILES string of the molecule is Clc1ccc2ncc(-c3nc4ccccc4[nH]3)c(NCCN3CCCCC3)c2c1. The highest BCUT2D eigenvalue weighted by Crippen LogP contribution is 2.34. The number of aromatic amines is 1. The maximum Gasteiger partial charge on any atom is 0.142 e. The second-order valence-electron chi connectivity index (χ2n) is 7.64. The van der Waals surface area contributed by atoms with Crippen LogP contribution >= 0.6 is 11.6 Å². The number of nitrogens with one attached hydrogen (secondary N) is 2. The molecule has 3 heterocycles. The van der Waals surface area contributed by atoms with E-state index in [1.807, 2.05) is 48.7 Å². The zero-order valence-corrected chi connectivity index (χ0v) is 17.0. The Morgan fingerprint density at radius 1 is 1.03 bits per heavy atom. The summed E-state index contributed by atoms with van der Waals surface area (Å²) in [4.78, 5) is 15.4. The van der Waals surface area contributed by atoms with Gasteiger partial charge >= 0.3 is 0 Å². The molecule has 6 heteroatoms. The van der Waals surface area contributed by atoms with Crippen LogP contribution in [-0.2, 0) is 0 Å². The van der Waals surface area contributed by atoms with Crippen molar-refractivity contribution in [1.29, 1.82) is 0 Å². The number of imidazole rings is 1. The third-order valence-corrected chi connectivity index (χ3v) is 5.89. The number of anilines is 1. The van der Waals surface area contributed by atoms with E-state index in [0.29, 0.717) is 5.02 Å². The molecule has 29 heavy (non-hydrogen) atoms. The van der Waals surface area contributed by atoms with Crippen LogP contribution in [0.1, 0.15) is 19.3 Å². The van der Waals surface area contributed by atoms with E-state index in [1.165, 1.54) is 32.4 Å². The molecule has 1 aliphatic rings. The Kier molecular flexibility index (Phi) is 5.08. The Hall–Kier alpha value is -2.63. The highest BCUT2D eigenvalue weighted by atomic mass is 35.5. The molecule has 0 bridgehead atoms. The number of rotatable bonds is 5. The third-order valence-electron chi connectivity index (χ3n) is 5.65. The molecule has 1 saturated heterocycles. The quantitative estimate of drug-likeness (QED) is 0.471. The number of hydrogen-bond acceptors (Lipinski definition) is 4. The summed E-state index contributed by atoms with van der Waals surface area (Å²) in [7, 11) is 0. The number of hydrogen-bond donors (Lipinski definition) is 2. The summed E-state index contributed by atoms with van der Waals surface area (Å²) in [6.45, 7) is 4.30. The molecule has 0 saturated carbocycles. The average Bonchev–Trinajstić information content (AvgIpc) is 3.18. The van der Waals surface area contributed by atoms with Crippen LogP contribution in [0.2, 0.25) is 5.02 Å². The second-order valence-corrected chi connectivity index (χ2v) is 8.08. The predicted octanol–water partition coefficient (Wildman–Crippen LogP) is 5.33. The van der Waals surface area contributed by atoms with Crippen molar-refractivity contribution in [2.45, 2.75) is 19.3 Å². The van der Waals surface area contributed by atoms with E-state index in [4.69, 9.17) is 16.6 Å². The summed E-state index contributed by atoms with van der Waals surface area (Å²) in [5, 5.41) is 5.40. The summed E-state index contributed by atoms with van der Waals surface area (Å²) in [5.41, 5.74) is 4.90. The molecule has 4 aromatic rings. The standard InChI is InChI=1S/C23H24ClN5/c24-16-8-9-19-17(14-16)22(25-10-13-29-11-4-1-5-12-29)18(15-26-19)23-27-20-6-2-3-7-21(20)28-23/h2-3,6-9,14-15H,1,4-5,10-13H2,(H,25,26)(H,27,28). The van der Waals surface area contributed by atoms with Gasteiger partial charge in [0.25, 0.3) is 0 Å². The van der Waals surface area contributed by atoms with Gasteiger partial charge in [-0.3, -0.25) is 4.98 Å². The molecule has 1 aliphatic heterocycles. The van der Waals surface area contributed by atoms with E-state index in [1.54, 1.807) is 0 Å². The predicted molar refractivity (Wildman–Crippen MR) is 121 cm³/mol. The molecule has 2 aromatic heterocycles. The monoisotopic (exact) mass is 405 g/mol. The molecule has 0 radical (unpaired) electrons. The summed E-state index contributed by atoms with van der Waals surface area (Å²) < 4.78 is 0. The number of likely N-dealkylation sites (tertiary alicyclic amines) is 1. The van der Waals surface area contributed by atoms with E-state index >= 15 is 0 Å². The van der Waals surface area contributed by atoms with Crippen LogP contribution in [0.3, 0.4) is 0 Å². The minimum absolute atomic E-state index is 0.708. The van der Waals surface area contributed by atoms with Gasteiger partial charge in [-0.05, 0) is 56.3 Å². The number of nitrogens with zero attached hydrogens (tertiary/aromatic N) is 3. The first-order chi connectivity index (χ1) is 14.3. The number of halogens is 1. The van der Waals surface area contributed by atoms with Crippen LogP contribution in [-0.4, -0.2) is 46.0 Å². The lowest BCUT2D eigenvalue weighted by Gasteiger charge is -2.26. The minimum Gasteiger partial charge on any atom is -0.383 e. The molecule has 5 nitrogen and oxygen atoms in total. The van der Waals surface area contributed by atoms with Gasteiger partial charge in [-0.2, -0.15) is 0 Å². The zero-order valence-electron chi connectivity index (χ0n) is 16.3. The number of piperidine rings is 1. The van der Waals surface area contributed by atoms with Gasteiger partial charge in [0.2, 0.25) is 0 Å². The Morgan fingerprint density at radius 3 is 2.76 bits per heavy atom. The molecule has 0 spiro atoms. The molecule has 2 N–H and O–H groups in total. The maximum absolute atomic E-state index is 6.32. The molecule has 0 aliphatic carbocycles. The largest absolute Gasteiger partial charge is 0.383 e. The average molecular weight is 406 g/mol. The Morgan fingerprint density at radius 2 is 1.90 bits per heavy atom. The molecular formula is C23H24ClN5. The van der Waals surface area contributed by atoms with Gasteiger partial charge < -0.3 is 15.2 Å². The molecule has 0 unspecified atom stereocenters. The van der Waals surface area contributed by atoms with Crippen molar-refractivity contribution in [3.05, 3.63) is 53.7 Å². The Labute approximate surface area is 175 Å². The molecular weight excluding hydrogens is 382 g/mol. The van der Waals surface area contributed by atoms with Crippen molar-refractivity contribution in [3.63, 3.8) is 0 Å². The lowest BCUT2D eigenvalue weighted by Crippen LogP contribution is -2.33. The first-order valence-electron chi connectivity index (χ1n) is 10.3. The number of benzene rings is 2. The van der Waals surface area contributed by atoms with Gasteiger partial charge in [-0.15, -0.1) is 0 Å². The molecule has 5 rings (SSSR count). The maximum atomic E-state index is 6.32. The van der Waals surface area contributed by atoms with E-state index in [-0.39, 0.29) is 0 Å². The Bertz CT molecular complexity index is 1110. The highest BCUT2D eigenvalue weighted by molar-refractivity contribution is 6.31. The fraction of sp³-hybridized carbons (Fsp3) is 0.304. The first-order valence-corrected chi connectivity index (χ1v) is 10.7. The number of aromatic nitrogens is 3. The van der Waals surface area contributed by atoms with E-state index in [9.17, 15) is 0 Å². The van der Waals surface area contributed by atoms with Crippen molar-refractivity contribution in [2.75, 3.05) is 31.5 Å². The van der Waals surface area contributed by atoms with Crippen molar-refractivity contribution in [2.24, 2.45) is 0 Å². The van der Waals surface area contributed by atoms with Gasteiger partial charge in [0.15, 0.2) is 0 Å². The smallest absolute Gasteiger partial charge is 0.142 e. The van der Waals surface area contributed by atoms with Gasteiger partial charge in [0.05, 0.1) is 27.8 Å². The lowest BCUT2D eigenvalue weighted by molar-refractivity contribution is 0.237. The van der Waals surface area contributed by atoms with Crippen LogP contribution in [0.4, 0.5) is 5.69 Å². The van der Waals surface area contributed by atoms with E-state index < -0.39 is 0 Å². The second kappa shape index (κ2) is 8.01. The van der Waals surface area contributed by atoms with Gasteiger partial charge in [0.1, 0.15) is 5.82 Å². The van der Waals surface area contributed by atoms with Crippen LogP contribution in [0.25, 0.3) is 33.3 Å². The number of fused-ring (bicyclic) bond motifs is 2. The molecule has 2 aromatic carbocycles. The van der Waals surface area contributed by atoms with Gasteiger partial charge in [-0.25, -0.2) is 4.98 Å².